The summed E-state index contributed by atoms with van der Waals surface area (Å²) in [6, 6.07) is 8.49. The number of carbonyl (C=O) groups is 2. The fourth-order valence-electron chi connectivity index (χ4n) is 3.15. The molecule has 0 unspecified atom stereocenters. The highest BCUT2D eigenvalue weighted by Gasteiger charge is 2.20. The van der Waals surface area contributed by atoms with E-state index in [1.807, 2.05) is 33.7 Å². The number of fused-ring (bicyclic) bond motifs is 1. The maximum absolute atomic E-state index is 12.7. The number of amides is 1. The Hall–Kier alpha value is -1.96. The van der Waals surface area contributed by atoms with Crippen LogP contribution in [0.3, 0.4) is 0 Å². The molecule has 0 atom stereocenters. The predicted molar refractivity (Wildman–Crippen MR) is 108 cm³/mol. The monoisotopic (exact) mass is 388 g/mol. The van der Waals surface area contributed by atoms with E-state index in [-0.39, 0.29) is 5.91 Å². The number of benzene rings is 1. The average Bonchev–Trinajstić information content (AvgIpc) is 3.01. The molecule has 1 aromatic heterocycles. The Bertz CT molecular complexity index is 819. The van der Waals surface area contributed by atoms with E-state index in [9.17, 15) is 9.59 Å². The van der Waals surface area contributed by atoms with Gasteiger partial charge in [-0.05, 0) is 30.3 Å². The van der Waals surface area contributed by atoms with Gasteiger partial charge in [-0.25, -0.2) is 0 Å². The van der Waals surface area contributed by atoms with Crippen molar-refractivity contribution in [3.63, 3.8) is 0 Å². The molecule has 1 amide bonds. The maximum atomic E-state index is 12.7. The first-order chi connectivity index (χ1) is 12.9. The minimum Gasteiger partial charge on any atom is -0.378 e. The molecule has 6 nitrogen and oxygen atoms in total. The van der Waals surface area contributed by atoms with E-state index in [1.54, 1.807) is 0 Å². The Morgan fingerprint density at radius 2 is 1.96 bits per heavy atom. The van der Waals surface area contributed by atoms with Crippen molar-refractivity contribution in [1.29, 1.82) is 0 Å². The van der Waals surface area contributed by atoms with Gasteiger partial charge in [-0.15, -0.1) is 0 Å². The summed E-state index contributed by atoms with van der Waals surface area (Å²) in [7, 11) is -1.15. The number of ether oxygens (including phenoxy) is 2. The average molecular weight is 389 g/mol. The van der Waals surface area contributed by atoms with Gasteiger partial charge in [0.2, 0.25) is 0 Å². The smallest absolute Gasteiger partial charge is 0.254 e. The Morgan fingerprint density at radius 1 is 1.22 bits per heavy atom. The number of morpholine rings is 1. The molecule has 1 fully saturated rings. The van der Waals surface area contributed by atoms with Crippen LogP contribution in [-0.4, -0.2) is 62.6 Å². The van der Waals surface area contributed by atoms with Gasteiger partial charge in [0.25, 0.3) is 5.91 Å². The number of hydrogen-bond donors (Lipinski definition) is 0. The van der Waals surface area contributed by atoms with Gasteiger partial charge in [0.05, 0.1) is 24.4 Å². The topological polar surface area (TPSA) is 60.8 Å². The van der Waals surface area contributed by atoms with E-state index < -0.39 is 8.07 Å². The predicted octanol–water partition coefficient (Wildman–Crippen LogP) is 3.24. The number of aromatic nitrogens is 1. The number of hydrogen-bond acceptors (Lipinski definition) is 4. The molecule has 0 N–H and O–H groups in total. The van der Waals surface area contributed by atoms with Crippen molar-refractivity contribution < 1.29 is 19.1 Å². The van der Waals surface area contributed by atoms with Crippen LogP contribution in [0.15, 0.2) is 24.3 Å². The van der Waals surface area contributed by atoms with E-state index in [4.69, 9.17) is 9.47 Å². The molecule has 0 saturated carbocycles. The van der Waals surface area contributed by atoms with E-state index >= 15 is 0 Å². The summed E-state index contributed by atoms with van der Waals surface area (Å²) in [6.07, 6.45) is 0.839. The third-order valence-corrected chi connectivity index (χ3v) is 6.52. The molecule has 0 aliphatic carbocycles. The first-order valence-electron chi connectivity index (χ1n) is 9.42. The number of aldehydes is 1. The van der Waals surface area contributed by atoms with Gasteiger partial charge in [-0.2, -0.15) is 0 Å². The third-order valence-electron chi connectivity index (χ3n) is 4.82. The lowest BCUT2D eigenvalue weighted by molar-refractivity contribution is 0.0303. The molecule has 27 heavy (non-hydrogen) atoms. The Kier molecular flexibility index (Phi) is 6.14. The lowest BCUT2D eigenvalue weighted by Gasteiger charge is -2.26. The second-order valence-electron chi connectivity index (χ2n) is 8.14. The van der Waals surface area contributed by atoms with Crippen LogP contribution in [0, 0.1) is 0 Å². The highest BCUT2D eigenvalue weighted by atomic mass is 28.3. The summed E-state index contributed by atoms with van der Waals surface area (Å²) in [5, 5.41) is 0.880. The molecule has 3 rings (SSSR count). The van der Waals surface area contributed by atoms with E-state index in [1.165, 1.54) is 0 Å². The van der Waals surface area contributed by atoms with Crippen molar-refractivity contribution in [2.45, 2.75) is 32.4 Å². The number of nitrogens with zero attached hydrogens (tertiary/aromatic N) is 2. The molecule has 0 spiro atoms. The molecule has 1 saturated heterocycles. The van der Waals surface area contributed by atoms with Crippen molar-refractivity contribution in [3.05, 3.63) is 35.5 Å². The Labute approximate surface area is 161 Å². The first-order valence-corrected chi connectivity index (χ1v) is 13.1. The van der Waals surface area contributed by atoms with E-state index in [0.29, 0.717) is 50.9 Å². The highest BCUT2D eigenvalue weighted by Crippen LogP contribution is 2.22. The summed E-state index contributed by atoms with van der Waals surface area (Å²) in [5.41, 5.74) is 2.11. The molecule has 1 aliphatic heterocycles. The minimum atomic E-state index is -1.15. The third kappa shape index (κ3) is 4.85. The number of carbonyl (C=O) groups excluding carboxylic acids is 2. The zero-order chi connectivity index (χ0) is 19.4. The lowest BCUT2D eigenvalue weighted by atomic mass is 10.1. The van der Waals surface area contributed by atoms with Crippen LogP contribution < -0.4 is 0 Å². The zero-order valence-corrected chi connectivity index (χ0v) is 17.4. The molecule has 1 aliphatic rings. The van der Waals surface area contributed by atoms with Crippen molar-refractivity contribution in [2.75, 3.05) is 32.9 Å². The first kappa shape index (κ1) is 19.8. The van der Waals surface area contributed by atoms with E-state index in [2.05, 4.69) is 19.6 Å². The SMILES string of the molecule is C[Si](C)(C)CCOCn1c(C=O)cc2cc(C(=O)N3CCOCC3)ccc21. The van der Waals surface area contributed by atoms with Crippen molar-refractivity contribution in [2.24, 2.45) is 0 Å². The molecule has 7 heteroatoms. The quantitative estimate of drug-likeness (QED) is 0.415. The van der Waals surface area contributed by atoms with Crippen LogP contribution in [0.5, 0.6) is 0 Å². The normalized spacial score (nSPS) is 15.3. The Morgan fingerprint density at radius 3 is 2.63 bits per heavy atom. The summed E-state index contributed by atoms with van der Waals surface area (Å²) >= 11 is 0. The van der Waals surface area contributed by atoms with Crippen LogP contribution >= 0.6 is 0 Å². The van der Waals surface area contributed by atoms with E-state index in [0.717, 1.165) is 23.2 Å². The van der Waals surface area contributed by atoms with Gasteiger partial charge in [0.1, 0.15) is 6.73 Å². The van der Waals surface area contributed by atoms with Crippen molar-refractivity contribution >= 4 is 31.2 Å². The summed E-state index contributed by atoms with van der Waals surface area (Å²) < 4.78 is 13.0. The minimum absolute atomic E-state index is 0.00647. The fraction of sp³-hybridized carbons (Fsp3) is 0.500. The van der Waals surface area contributed by atoms with Crippen molar-refractivity contribution in [3.8, 4) is 0 Å². The Balaban J connectivity index is 1.77. The van der Waals surface area contributed by atoms with Gasteiger partial charge in [-0.1, -0.05) is 19.6 Å². The maximum Gasteiger partial charge on any atom is 0.254 e. The molecule has 2 aromatic rings. The highest BCUT2D eigenvalue weighted by molar-refractivity contribution is 6.76. The van der Waals surface area contributed by atoms with Gasteiger partial charge in [0.15, 0.2) is 6.29 Å². The molecule has 1 aromatic carbocycles. The van der Waals surface area contributed by atoms with Crippen LogP contribution in [0.4, 0.5) is 0 Å². The van der Waals surface area contributed by atoms with Gasteiger partial charge in [0, 0.05) is 38.7 Å². The van der Waals surface area contributed by atoms with Crippen LogP contribution in [-0.2, 0) is 16.2 Å². The molecular formula is C20H28N2O4Si. The molecule has 0 bridgehead atoms. The van der Waals surface area contributed by atoms with Gasteiger partial charge in [-0.3, -0.25) is 9.59 Å². The van der Waals surface area contributed by atoms with Crippen LogP contribution in [0.2, 0.25) is 25.7 Å². The second-order valence-corrected chi connectivity index (χ2v) is 13.8. The largest absolute Gasteiger partial charge is 0.378 e. The van der Waals surface area contributed by atoms with Gasteiger partial charge < -0.3 is 18.9 Å². The van der Waals surface area contributed by atoms with Crippen molar-refractivity contribution in [1.82, 2.24) is 9.47 Å². The molecular weight excluding hydrogens is 360 g/mol. The lowest BCUT2D eigenvalue weighted by Crippen LogP contribution is -2.40. The molecule has 0 radical (unpaired) electrons. The van der Waals surface area contributed by atoms with Crippen LogP contribution in [0.1, 0.15) is 20.8 Å². The summed E-state index contributed by atoms with van der Waals surface area (Å²) in [5.74, 6) is 0.00647. The summed E-state index contributed by atoms with van der Waals surface area (Å²) in [6.45, 7) is 10.4. The number of rotatable bonds is 7. The van der Waals surface area contributed by atoms with Gasteiger partial charge >= 0.3 is 0 Å². The fourth-order valence-corrected chi connectivity index (χ4v) is 3.91. The molecule has 146 valence electrons. The summed E-state index contributed by atoms with van der Waals surface area (Å²) in [4.78, 5) is 26.0. The van der Waals surface area contributed by atoms with Crippen LogP contribution in [0.25, 0.3) is 10.9 Å². The standard InChI is InChI=1S/C20H28N2O4Si/c1-27(2,3)11-10-26-15-22-18(14-23)13-17-12-16(4-5-19(17)22)20(24)21-6-8-25-9-7-21/h4-5,12-14H,6-11,15H2,1-3H3. The zero-order valence-electron chi connectivity index (χ0n) is 16.4. The second kappa shape index (κ2) is 8.37. The molecule has 2 heterocycles.